The fourth-order valence-electron chi connectivity index (χ4n) is 2.30. The summed E-state index contributed by atoms with van der Waals surface area (Å²) in [5.41, 5.74) is 0.759. The van der Waals surface area contributed by atoms with E-state index in [0.29, 0.717) is 5.69 Å². The number of ether oxygens (including phenoxy) is 1. The summed E-state index contributed by atoms with van der Waals surface area (Å²) in [6.07, 6.45) is -3.30. The Morgan fingerprint density at radius 3 is 2.62 bits per heavy atom. The van der Waals surface area contributed by atoms with Gasteiger partial charge in [0, 0.05) is 6.20 Å². The fourth-order valence-corrected chi connectivity index (χ4v) is 2.30. The summed E-state index contributed by atoms with van der Waals surface area (Å²) < 4.78 is 45.1. The molecule has 0 radical (unpaired) electrons. The van der Waals surface area contributed by atoms with Gasteiger partial charge in [0.1, 0.15) is 12.3 Å². The molecule has 0 saturated carbocycles. The van der Waals surface area contributed by atoms with Crippen molar-refractivity contribution in [2.45, 2.75) is 20.0 Å². The van der Waals surface area contributed by atoms with Crippen LogP contribution in [0.15, 0.2) is 29.4 Å². The highest BCUT2D eigenvalue weighted by Gasteiger charge is 2.35. The van der Waals surface area contributed by atoms with Gasteiger partial charge in [0.25, 0.3) is 0 Å². The lowest BCUT2D eigenvalue weighted by atomic mass is 10.0. The molecule has 1 aliphatic heterocycles. The Morgan fingerprint density at radius 2 is 1.95 bits per heavy atom. The van der Waals surface area contributed by atoms with Crippen LogP contribution in [0.3, 0.4) is 0 Å². The van der Waals surface area contributed by atoms with Gasteiger partial charge in [-0.2, -0.15) is 13.2 Å². The number of benzene rings is 1. The molecule has 0 atom stereocenters. The van der Waals surface area contributed by atoms with Crippen molar-refractivity contribution in [1.29, 1.82) is 0 Å². The van der Waals surface area contributed by atoms with Gasteiger partial charge in [-0.1, -0.05) is 13.8 Å². The number of halogens is 3. The summed E-state index contributed by atoms with van der Waals surface area (Å²) in [6, 6.07) is 4.15. The van der Waals surface area contributed by atoms with Crippen LogP contribution in [0, 0.1) is 5.92 Å². The van der Waals surface area contributed by atoms with E-state index in [9.17, 15) is 13.2 Å². The Kier molecular flexibility index (Phi) is 3.11. The normalized spacial score (nSPS) is 14.9. The van der Waals surface area contributed by atoms with E-state index in [0.717, 1.165) is 18.0 Å². The average molecular weight is 294 g/mol. The lowest BCUT2D eigenvalue weighted by Crippen LogP contribution is -2.20. The third kappa shape index (κ3) is 2.34. The van der Waals surface area contributed by atoms with Gasteiger partial charge in [-0.05, 0) is 24.1 Å². The van der Waals surface area contributed by atoms with Gasteiger partial charge in [-0.3, -0.25) is 9.98 Å². The van der Waals surface area contributed by atoms with Gasteiger partial charge >= 0.3 is 6.18 Å². The summed E-state index contributed by atoms with van der Waals surface area (Å²) in [5.74, 6) is 0.349. The van der Waals surface area contributed by atoms with Gasteiger partial charge in [-0.15, -0.1) is 0 Å². The summed E-state index contributed by atoms with van der Waals surface area (Å²) in [7, 11) is 0. The molecule has 2 aromatic rings. The maximum atomic E-state index is 13.2. The number of hydrogen-bond donors (Lipinski definition) is 0. The van der Waals surface area contributed by atoms with Crippen molar-refractivity contribution < 1.29 is 17.9 Å². The molecule has 1 aromatic heterocycles. The lowest BCUT2D eigenvalue weighted by molar-refractivity contribution is -0.136. The SMILES string of the molecule is CC(C)C1=Nc2ccc3nccc(C(F)(F)F)c3c2OC1. The molecule has 3 rings (SSSR count). The molecule has 2 heterocycles. The third-order valence-electron chi connectivity index (χ3n) is 3.44. The zero-order chi connectivity index (χ0) is 15.2. The van der Waals surface area contributed by atoms with Crippen molar-refractivity contribution in [2.75, 3.05) is 6.61 Å². The topological polar surface area (TPSA) is 34.5 Å². The molecular weight excluding hydrogens is 281 g/mol. The van der Waals surface area contributed by atoms with Crippen LogP contribution in [0.2, 0.25) is 0 Å². The highest BCUT2D eigenvalue weighted by molar-refractivity contribution is 5.99. The Morgan fingerprint density at radius 1 is 1.19 bits per heavy atom. The second-order valence-corrected chi connectivity index (χ2v) is 5.21. The van der Waals surface area contributed by atoms with Crippen LogP contribution >= 0.6 is 0 Å². The van der Waals surface area contributed by atoms with Crippen molar-refractivity contribution in [1.82, 2.24) is 4.98 Å². The molecule has 0 spiro atoms. The predicted octanol–water partition coefficient (Wildman–Crippen LogP) is 4.37. The van der Waals surface area contributed by atoms with Crippen LogP contribution in [0.4, 0.5) is 18.9 Å². The van der Waals surface area contributed by atoms with Crippen LogP contribution < -0.4 is 4.74 Å². The molecule has 21 heavy (non-hydrogen) atoms. The van der Waals surface area contributed by atoms with Crippen LogP contribution in [0.25, 0.3) is 10.9 Å². The minimum absolute atomic E-state index is 0.0194. The predicted molar refractivity (Wildman–Crippen MR) is 74.2 cm³/mol. The van der Waals surface area contributed by atoms with Gasteiger partial charge in [0.05, 0.1) is 22.2 Å². The molecule has 6 heteroatoms. The van der Waals surface area contributed by atoms with E-state index in [-0.39, 0.29) is 29.2 Å². The van der Waals surface area contributed by atoms with Crippen molar-refractivity contribution in [2.24, 2.45) is 10.9 Å². The molecule has 0 fully saturated rings. The number of pyridine rings is 1. The minimum atomic E-state index is -4.46. The van der Waals surface area contributed by atoms with Crippen LogP contribution in [-0.2, 0) is 6.18 Å². The average Bonchev–Trinajstić information content (AvgIpc) is 2.44. The number of aliphatic imine (C=N–C) groups is 1. The van der Waals surface area contributed by atoms with Crippen molar-refractivity contribution in [3.8, 4) is 5.75 Å². The highest BCUT2D eigenvalue weighted by atomic mass is 19.4. The monoisotopic (exact) mass is 294 g/mol. The van der Waals surface area contributed by atoms with Crippen LogP contribution in [0.1, 0.15) is 19.4 Å². The van der Waals surface area contributed by atoms with Crippen molar-refractivity contribution >= 4 is 22.3 Å². The summed E-state index contributed by atoms with van der Waals surface area (Å²) in [6.45, 7) is 4.14. The second-order valence-electron chi connectivity index (χ2n) is 5.21. The van der Waals surface area contributed by atoms with Gasteiger partial charge in [-0.25, -0.2) is 0 Å². The molecule has 1 aromatic carbocycles. The Hall–Kier alpha value is -2.11. The van der Waals surface area contributed by atoms with E-state index < -0.39 is 11.7 Å². The standard InChI is InChI=1S/C15H13F3N2O/c1-8(2)12-7-21-14-11(20-12)4-3-10-13(14)9(5-6-19-10)15(16,17)18/h3-6,8H,7H2,1-2H3. The Labute approximate surface area is 119 Å². The number of nitrogens with zero attached hydrogens (tertiary/aromatic N) is 2. The number of rotatable bonds is 1. The van der Waals surface area contributed by atoms with Gasteiger partial charge in [0.2, 0.25) is 0 Å². The van der Waals surface area contributed by atoms with Crippen LogP contribution in [0.5, 0.6) is 5.75 Å². The summed E-state index contributed by atoms with van der Waals surface area (Å²) in [5, 5.41) is -0.0194. The summed E-state index contributed by atoms with van der Waals surface area (Å²) >= 11 is 0. The highest BCUT2D eigenvalue weighted by Crippen LogP contribution is 2.44. The molecule has 110 valence electrons. The molecule has 1 aliphatic rings. The number of fused-ring (bicyclic) bond motifs is 3. The fraction of sp³-hybridized carbons (Fsp3) is 0.333. The van der Waals surface area contributed by atoms with Crippen molar-refractivity contribution in [3.63, 3.8) is 0 Å². The number of aromatic nitrogens is 1. The third-order valence-corrected chi connectivity index (χ3v) is 3.44. The minimum Gasteiger partial charge on any atom is -0.485 e. The molecule has 0 amide bonds. The lowest BCUT2D eigenvalue weighted by Gasteiger charge is -2.22. The first-order valence-corrected chi connectivity index (χ1v) is 6.57. The van der Waals surface area contributed by atoms with E-state index >= 15 is 0 Å². The Bertz CT molecular complexity index is 736. The van der Waals surface area contributed by atoms with Gasteiger partial charge in [0.15, 0.2) is 5.75 Å². The maximum absolute atomic E-state index is 13.2. The maximum Gasteiger partial charge on any atom is 0.417 e. The molecule has 0 saturated heterocycles. The smallest absolute Gasteiger partial charge is 0.417 e. The zero-order valence-electron chi connectivity index (χ0n) is 11.5. The van der Waals surface area contributed by atoms with E-state index in [1.165, 1.54) is 0 Å². The first-order chi connectivity index (χ1) is 9.88. The van der Waals surface area contributed by atoms with E-state index in [4.69, 9.17) is 4.74 Å². The second kappa shape index (κ2) is 4.72. The Balaban J connectivity index is 2.29. The van der Waals surface area contributed by atoms with Crippen LogP contribution in [-0.4, -0.2) is 17.3 Å². The van der Waals surface area contributed by atoms with E-state index in [1.807, 2.05) is 13.8 Å². The number of hydrogen-bond acceptors (Lipinski definition) is 3. The first-order valence-electron chi connectivity index (χ1n) is 6.57. The van der Waals surface area contributed by atoms with Gasteiger partial charge < -0.3 is 4.74 Å². The van der Waals surface area contributed by atoms with E-state index in [1.54, 1.807) is 12.1 Å². The summed E-state index contributed by atoms with van der Waals surface area (Å²) in [4.78, 5) is 8.40. The zero-order valence-corrected chi connectivity index (χ0v) is 11.5. The quantitative estimate of drug-likeness (QED) is 0.782. The molecule has 0 aliphatic carbocycles. The van der Waals surface area contributed by atoms with Crippen molar-refractivity contribution in [3.05, 3.63) is 30.0 Å². The molecule has 0 N–H and O–H groups in total. The molecule has 3 nitrogen and oxygen atoms in total. The number of alkyl halides is 3. The molecule has 0 unspecified atom stereocenters. The first kappa shape index (κ1) is 13.9. The molecular formula is C15H13F3N2O. The molecule has 0 bridgehead atoms. The largest absolute Gasteiger partial charge is 0.485 e. The van der Waals surface area contributed by atoms with E-state index in [2.05, 4.69) is 9.98 Å².